The second-order valence-electron chi connectivity index (χ2n) is 11.5. The highest BCUT2D eigenvalue weighted by molar-refractivity contribution is 6.20. The summed E-state index contributed by atoms with van der Waals surface area (Å²) in [5.74, 6) is -1.88. The van der Waals surface area contributed by atoms with Crippen molar-refractivity contribution in [1.82, 2.24) is 10.6 Å². The van der Waals surface area contributed by atoms with Crippen LogP contribution >= 0.6 is 0 Å². The molecule has 2 atom stereocenters. The number of amides is 3. The number of likely N-dealkylation sites (N-methyl/N-ethyl adjacent to an activating group) is 1. The van der Waals surface area contributed by atoms with Crippen molar-refractivity contribution in [3.8, 4) is 0 Å². The number of hydrogen-bond donors (Lipinski definition) is 3. The molecular weight excluding hydrogens is 549 g/mol. The first kappa shape index (κ1) is 29.8. The molecule has 11 heteroatoms. The highest BCUT2D eigenvalue weighted by Gasteiger charge is 2.46. The molecule has 1 unspecified atom stereocenters. The summed E-state index contributed by atoms with van der Waals surface area (Å²) in [5.41, 5.74) is -0.533. The van der Waals surface area contributed by atoms with E-state index >= 15 is 0 Å². The second-order valence-corrected chi connectivity index (χ2v) is 11.5. The minimum atomic E-state index is -4.51. The van der Waals surface area contributed by atoms with Crippen molar-refractivity contribution in [2.75, 3.05) is 11.9 Å². The number of rotatable bonds is 6. The van der Waals surface area contributed by atoms with Gasteiger partial charge in [0.2, 0.25) is 18.0 Å². The van der Waals surface area contributed by atoms with Crippen LogP contribution in [0.3, 0.4) is 0 Å². The summed E-state index contributed by atoms with van der Waals surface area (Å²) in [6.07, 6.45) is -0.642. The second kappa shape index (κ2) is 11.9. The monoisotopic (exact) mass is 584 g/mol. The number of alkyl halides is 3. The first-order chi connectivity index (χ1) is 20.0. The molecular formula is C31H35F3N4O4. The fraction of sp³-hybridized carbons (Fsp3) is 0.484. The van der Waals surface area contributed by atoms with E-state index in [-0.39, 0.29) is 11.6 Å². The average Bonchev–Trinajstić information content (AvgIpc) is 3.44. The number of aliphatic hydroxyl groups is 1. The Balaban J connectivity index is 1.44. The van der Waals surface area contributed by atoms with E-state index < -0.39 is 47.3 Å². The van der Waals surface area contributed by atoms with E-state index in [0.717, 1.165) is 44.2 Å². The van der Waals surface area contributed by atoms with Crippen molar-refractivity contribution < 1.29 is 32.7 Å². The van der Waals surface area contributed by atoms with Crippen molar-refractivity contribution in [2.24, 2.45) is 10.9 Å². The summed E-state index contributed by atoms with van der Waals surface area (Å²) < 4.78 is 39.7. The molecule has 1 heterocycles. The van der Waals surface area contributed by atoms with Gasteiger partial charge in [0.1, 0.15) is 11.6 Å². The zero-order valence-electron chi connectivity index (χ0n) is 23.4. The van der Waals surface area contributed by atoms with Crippen LogP contribution in [0.25, 0.3) is 0 Å². The van der Waals surface area contributed by atoms with Gasteiger partial charge in [-0.05, 0) is 49.8 Å². The third-order valence-electron chi connectivity index (χ3n) is 8.72. The number of fused-ring (bicyclic) bond motifs is 1. The molecule has 224 valence electrons. The molecule has 0 spiro atoms. The zero-order valence-corrected chi connectivity index (χ0v) is 23.4. The quantitative estimate of drug-likeness (QED) is 0.470. The molecule has 2 fully saturated rings. The van der Waals surface area contributed by atoms with Gasteiger partial charge in [0.25, 0.3) is 5.91 Å². The van der Waals surface area contributed by atoms with Gasteiger partial charge in [0.15, 0.2) is 0 Å². The minimum Gasteiger partial charge on any atom is -0.383 e. The van der Waals surface area contributed by atoms with Crippen molar-refractivity contribution in [2.45, 2.75) is 81.8 Å². The van der Waals surface area contributed by atoms with Crippen molar-refractivity contribution >= 4 is 29.1 Å². The van der Waals surface area contributed by atoms with Gasteiger partial charge in [-0.1, -0.05) is 62.4 Å². The molecule has 8 nitrogen and oxygen atoms in total. The van der Waals surface area contributed by atoms with E-state index in [1.54, 1.807) is 31.3 Å². The molecule has 5 rings (SSSR count). The maximum Gasteiger partial charge on any atom is 0.416 e. The third kappa shape index (κ3) is 5.92. The van der Waals surface area contributed by atoms with Gasteiger partial charge in [-0.25, -0.2) is 4.99 Å². The zero-order chi connectivity index (χ0) is 30.1. The molecule has 0 saturated heterocycles. The highest BCUT2D eigenvalue weighted by Crippen LogP contribution is 2.34. The number of aliphatic imine (C=N–C) groups is 1. The van der Waals surface area contributed by atoms with Crippen LogP contribution in [0.5, 0.6) is 0 Å². The molecule has 42 heavy (non-hydrogen) atoms. The number of halogens is 3. The summed E-state index contributed by atoms with van der Waals surface area (Å²) in [6.45, 7) is 0. The van der Waals surface area contributed by atoms with Gasteiger partial charge in [-0.3, -0.25) is 14.4 Å². The first-order valence-electron chi connectivity index (χ1n) is 14.4. The van der Waals surface area contributed by atoms with Crippen LogP contribution in [0.2, 0.25) is 0 Å². The lowest BCUT2D eigenvalue weighted by Crippen LogP contribution is -2.62. The van der Waals surface area contributed by atoms with Crippen molar-refractivity contribution in [3.05, 3.63) is 65.2 Å². The molecule has 3 amide bonds. The molecule has 0 radical (unpaired) electrons. The summed E-state index contributed by atoms with van der Waals surface area (Å²) in [6, 6.07) is 11.4. The van der Waals surface area contributed by atoms with E-state index in [1.165, 1.54) is 17.0 Å². The molecule has 2 aromatic rings. The smallest absolute Gasteiger partial charge is 0.383 e. The Morgan fingerprint density at radius 3 is 2.29 bits per heavy atom. The van der Waals surface area contributed by atoms with Crippen LogP contribution in [0, 0.1) is 5.92 Å². The van der Waals surface area contributed by atoms with Gasteiger partial charge in [0.05, 0.1) is 17.0 Å². The van der Waals surface area contributed by atoms with Crippen LogP contribution < -0.4 is 15.5 Å². The number of aliphatic hydroxyl groups excluding tert-OH is 1. The first-order valence-corrected chi connectivity index (χ1v) is 14.4. The Kier molecular flexibility index (Phi) is 8.41. The number of para-hydroxylation sites is 1. The fourth-order valence-corrected chi connectivity index (χ4v) is 6.29. The maximum atomic E-state index is 13.8. The van der Waals surface area contributed by atoms with Gasteiger partial charge >= 0.3 is 6.18 Å². The van der Waals surface area contributed by atoms with E-state index in [1.807, 2.05) is 0 Å². The predicted molar refractivity (Wildman–Crippen MR) is 151 cm³/mol. The number of benzodiazepines with no additional fused rings is 1. The van der Waals surface area contributed by atoms with E-state index in [0.29, 0.717) is 42.5 Å². The van der Waals surface area contributed by atoms with Gasteiger partial charge in [0, 0.05) is 18.2 Å². The average molecular weight is 585 g/mol. The Morgan fingerprint density at radius 2 is 1.64 bits per heavy atom. The third-order valence-corrected chi connectivity index (χ3v) is 8.72. The molecule has 2 aliphatic carbocycles. The lowest BCUT2D eigenvalue weighted by Gasteiger charge is -2.33. The Labute approximate surface area is 242 Å². The molecule has 0 aromatic heterocycles. The lowest BCUT2D eigenvalue weighted by molar-refractivity contribution is -0.140. The lowest BCUT2D eigenvalue weighted by atomic mass is 9.84. The van der Waals surface area contributed by atoms with Gasteiger partial charge < -0.3 is 20.6 Å². The molecule has 3 N–H and O–H groups in total. The van der Waals surface area contributed by atoms with E-state index in [9.17, 15) is 32.7 Å². The number of hydrogen-bond acceptors (Lipinski definition) is 5. The highest BCUT2D eigenvalue weighted by atomic mass is 19.4. The molecule has 2 aromatic carbocycles. The van der Waals surface area contributed by atoms with Crippen LogP contribution in [-0.2, 0) is 20.6 Å². The largest absolute Gasteiger partial charge is 0.416 e. The summed E-state index contributed by atoms with van der Waals surface area (Å²) in [5, 5.41) is 16.3. The summed E-state index contributed by atoms with van der Waals surface area (Å²) >= 11 is 0. The van der Waals surface area contributed by atoms with E-state index in [4.69, 9.17) is 0 Å². The van der Waals surface area contributed by atoms with Crippen molar-refractivity contribution in [3.63, 3.8) is 0 Å². The number of carbonyl (C=O) groups is 3. The SMILES string of the molecule is CN1C(=O)C(NC(=O)C2(NC(=O)[C@@H](O)C3CCCCC3)CCCC2)N=C(c2ccc(C(F)(F)F)cc2)c2ccccc21. The standard InChI is InChI=1S/C31H35F3N4O4/c1-38-23-12-6-5-11-22(23)24(19-13-15-21(16-14-19)31(32,33)34)35-26(28(38)41)36-29(42)30(17-7-8-18-30)37-27(40)25(39)20-9-3-2-4-10-20/h5-6,11-16,20,25-26,39H,2-4,7-10,17-18H2,1H3,(H,36,42)(H,37,40)/t25-,26?/m0/s1. The van der Waals surface area contributed by atoms with Crippen LogP contribution in [0.4, 0.5) is 18.9 Å². The Bertz CT molecular complexity index is 1360. The van der Waals surface area contributed by atoms with Crippen molar-refractivity contribution in [1.29, 1.82) is 0 Å². The topological polar surface area (TPSA) is 111 Å². The predicted octanol–water partition coefficient (Wildman–Crippen LogP) is 4.33. The minimum absolute atomic E-state index is 0.160. The summed E-state index contributed by atoms with van der Waals surface area (Å²) in [4.78, 5) is 46.5. The van der Waals surface area contributed by atoms with Gasteiger partial charge in [-0.2, -0.15) is 13.2 Å². The van der Waals surface area contributed by atoms with Crippen LogP contribution in [-0.4, -0.2) is 53.4 Å². The Morgan fingerprint density at radius 1 is 1.00 bits per heavy atom. The number of benzene rings is 2. The molecule has 0 bridgehead atoms. The molecule has 2 saturated carbocycles. The number of carbonyl (C=O) groups excluding carboxylic acids is 3. The number of nitrogens with one attached hydrogen (secondary N) is 2. The van der Waals surface area contributed by atoms with Crippen LogP contribution in [0.1, 0.15) is 74.5 Å². The number of nitrogens with zero attached hydrogens (tertiary/aromatic N) is 2. The van der Waals surface area contributed by atoms with Gasteiger partial charge in [-0.15, -0.1) is 0 Å². The van der Waals surface area contributed by atoms with E-state index in [2.05, 4.69) is 15.6 Å². The number of anilines is 1. The normalized spacial score (nSPS) is 21.6. The van der Waals surface area contributed by atoms with Crippen LogP contribution in [0.15, 0.2) is 53.5 Å². The fourth-order valence-electron chi connectivity index (χ4n) is 6.29. The maximum absolute atomic E-state index is 13.8. The molecule has 1 aliphatic heterocycles. The molecule has 3 aliphatic rings. The Hall–Kier alpha value is -3.73. The summed E-state index contributed by atoms with van der Waals surface area (Å²) in [7, 11) is 1.54.